The number of hydrogen-bond acceptors (Lipinski definition) is 4. The average Bonchev–Trinajstić information content (AvgIpc) is 2.41. The molecule has 0 radical (unpaired) electrons. The van der Waals surface area contributed by atoms with Crippen LogP contribution in [-0.4, -0.2) is 34.7 Å². The van der Waals surface area contributed by atoms with Crippen LogP contribution in [0.5, 0.6) is 0 Å². The molecule has 1 aromatic carbocycles. The summed E-state index contributed by atoms with van der Waals surface area (Å²) < 4.78 is 0. The average molecular weight is 262 g/mol. The SMILES string of the molecule is CC1CCCCN1CC(=O)c1cccc([N+](=O)[O-])c1. The molecule has 0 bridgehead atoms. The molecule has 1 aliphatic rings. The summed E-state index contributed by atoms with van der Waals surface area (Å²) in [6.45, 7) is 3.41. The Labute approximate surface area is 112 Å². The van der Waals surface area contributed by atoms with Gasteiger partial charge < -0.3 is 0 Å². The zero-order valence-electron chi connectivity index (χ0n) is 11.0. The summed E-state index contributed by atoms with van der Waals surface area (Å²) in [6.07, 6.45) is 3.44. The maximum absolute atomic E-state index is 12.2. The lowest BCUT2D eigenvalue weighted by Gasteiger charge is -2.32. The van der Waals surface area contributed by atoms with Crippen LogP contribution >= 0.6 is 0 Å². The second-order valence-electron chi connectivity index (χ2n) is 5.05. The first-order valence-electron chi connectivity index (χ1n) is 6.59. The molecule has 0 saturated carbocycles. The molecule has 1 aliphatic heterocycles. The number of carbonyl (C=O) groups is 1. The maximum atomic E-state index is 12.2. The number of ketones is 1. The lowest BCUT2D eigenvalue weighted by molar-refractivity contribution is -0.384. The van der Waals surface area contributed by atoms with Gasteiger partial charge in [0.15, 0.2) is 5.78 Å². The first-order valence-corrected chi connectivity index (χ1v) is 6.59. The van der Waals surface area contributed by atoms with Gasteiger partial charge in [-0.25, -0.2) is 0 Å². The molecule has 102 valence electrons. The van der Waals surface area contributed by atoms with Crippen LogP contribution in [0.4, 0.5) is 5.69 Å². The van der Waals surface area contributed by atoms with Gasteiger partial charge in [-0.2, -0.15) is 0 Å². The summed E-state index contributed by atoms with van der Waals surface area (Å²) in [5.74, 6) is -0.0440. The van der Waals surface area contributed by atoms with E-state index >= 15 is 0 Å². The van der Waals surface area contributed by atoms with Crippen molar-refractivity contribution < 1.29 is 9.72 Å². The minimum atomic E-state index is -0.472. The maximum Gasteiger partial charge on any atom is 0.270 e. The third-order valence-electron chi connectivity index (χ3n) is 3.67. The number of nitrogens with zero attached hydrogens (tertiary/aromatic N) is 2. The van der Waals surface area contributed by atoms with Crippen molar-refractivity contribution in [2.45, 2.75) is 32.2 Å². The van der Waals surface area contributed by atoms with Crippen LogP contribution in [0.2, 0.25) is 0 Å². The van der Waals surface area contributed by atoms with Gasteiger partial charge in [0.1, 0.15) is 0 Å². The third-order valence-corrected chi connectivity index (χ3v) is 3.67. The molecule has 5 nitrogen and oxygen atoms in total. The fourth-order valence-electron chi connectivity index (χ4n) is 2.46. The summed E-state index contributed by atoms with van der Waals surface area (Å²) >= 11 is 0. The van der Waals surface area contributed by atoms with Crippen molar-refractivity contribution in [3.05, 3.63) is 39.9 Å². The lowest BCUT2D eigenvalue weighted by atomic mass is 10.0. The zero-order valence-corrected chi connectivity index (χ0v) is 11.0. The van der Waals surface area contributed by atoms with Gasteiger partial charge in [0.2, 0.25) is 0 Å². The molecular formula is C14H18N2O3. The number of non-ortho nitro benzene ring substituents is 1. The Hall–Kier alpha value is -1.75. The molecule has 2 rings (SSSR count). The van der Waals surface area contributed by atoms with Crippen molar-refractivity contribution in [1.29, 1.82) is 0 Å². The molecule has 1 aromatic rings. The molecule has 1 atom stereocenters. The summed E-state index contributed by atoms with van der Waals surface area (Å²) in [6, 6.07) is 6.38. The van der Waals surface area contributed by atoms with Crippen molar-refractivity contribution in [3.8, 4) is 0 Å². The van der Waals surface area contributed by atoms with Gasteiger partial charge in [-0.15, -0.1) is 0 Å². The van der Waals surface area contributed by atoms with Gasteiger partial charge in [0.25, 0.3) is 5.69 Å². The molecule has 0 aliphatic carbocycles. The highest BCUT2D eigenvalue weighted by Gasteiger charge is 2.21. The monoisotopic (exact) mass is 262 g/mol. The zero-order chi connectivity index (χ0) is 13.8. The highest BCUT2D eigenvalue weighted by molar-refractivity contribution is 5.98. The second-order valence-corrected chi connectivity index (χ2v) is 5.05. The van der Waals surface area contributed by atoms with E-state index in [-0.39, 0.29) is 11.5 Å². The van der Waals surface area contributed by atoms with Crippen molar-refractivity contribution in [1.82, 2.24) is 4.90 Å². The molecule has 1 heterocycles. The predicted molar refractivity (Wildman–Crippen MR) is 72.3 cm³/mol. The summed E-state index contributed by atoms with van der Waals surface area (Å²) in [5, 5.41) is 10.7. The summed E-state index contributed by atoms with van der Waals surface area (Å²) in [4.78, 5) is 24.6. The number of piperidine rings is 1. The summed E-state index contributed by atoms with van der Waals surface area (Å²) in [7, 11) is 0. The Kier molecular flexibility index (Phi) is 4.27. The van der Waals surface area contributed by atoms with Gasteiger partial charge in [-0.05, 0) is 26.3 Å². The van der Waals surface area contributed by atoms with Crippen molar-refractivity contribution in [2.75, 3.05) is 13.1 Å². The normalized spacial score (nSPS) is 20.2. The van der Waals surface area contributed by atoms with E-state index in [1.165, 1.54) is 18.6 Å². The second kappa shape index (κ2) is 5.93. The molecule has 19 heavy (non-hydrogen) atoms. The van der Waals surface area contributed by atoms with Crippen LogP contribution in [0.3, 0.4) is 0 Å². The Morgan fingerprint density at radius 1 is 1.47 bits per heavy atom. The molecular weight excluding hydrogens is 244 g/mol. The van der Waals surface area contributed by atoms with Gasteiger partial charge in [0, 0.05) is 23.7 Å². The third kappa shape index (κ3) is 3.38. The fourth-order valence-corrected chi connectivity index (χ4v) is 2.46. The number of benzene rings is 1. The first-order chi connectivity index (χ1) is 9.08. The number of nitro benzene ring substituents is 1. The van der Waals surface area contributed by atoms with Crippen LogP contribution in [-0.2, 0) is 0 Å². The van der Waals surface area contributed by atoms with Crippen LogP contribution in [0.1, 0.15) is 36.5 Å². The number of nitro groups is 1. The van der Waals surface area contributed by atoms with Gasteiger partial charge in [-0.3, -0.25) is 19.8 Å². The Morgan fingerprint density at radius 2 is 2.26 bits per heavy atom. The molecule has 5 heteroatoms. The first kappa shape index (κ1) is 13.7. The van der Waals surface area contributed by atoms with E-state index < -0.39 is 4.92 Å². The highest BCUT2D eigenvalue weighted by Crippen LogP contribution is 2.18. The van der Waals surface area contributed by atoms with Crippen LogP contribution in [0.15, 0.2) is 24.3 Å². The number of rotatable bonds is 4. The molecule has 0 N–H and O–H groups in total. The molecule has 1 fully saturated rings. The molecule has 0 spiro atoms. The van der Waals surface area contributed by atoms with E-state index in [2.05, 4.69) is 11.8 Å². The van der Waals surface area contributed by atoms with E-state index in [1.807, 2.05) is 0 Å². The lowest BCUT2D eigenvalue weighted by Crippen LogP contribution is -2.40. The summed E-state index contributed by atoms with van der Waals surface area (Å²) in [5.41, 5.74) is 0.393. The van der Waals surface area contributed by atoms with Gasteiger partial charge in [0.05, 0.1) is 11.5 Å². The minimum absolute atomic E-state index is 0.0301. The van der Waals surface area contributed by atoms with Crippen LogP contribution < -0.4 is 0 Å². The number of hydrogen-bond donors (Lipinski definition) is 0. The van der Waals surface area contributed by atoms with E-state index in [0.29, 0.717) is 18.2 Å². The molecule has 1 saturated heterocycles. The quantitative estimate of drug-likeness (QED) is 0.475. The molecule has 0 amide bonds. The predicted octanol–water partition coefficient (Wildman–Crippen LogP) is 2.65. The van der Waals surface area contributed by atoms with Crippen LogP contribution in [0.25, 0.3) is 0 Å². The molecule has 0 aromatic heterocycles. The van der Waals surface area contributed by atoms with Crippen LogP contribution in [0, 0.1) is 10.1 Å². The topological polar surface area (TPSA) is 63.5 Å². The fraction of sp³-hybridized carbons (Fsp3) is 0.500. The number of likely N-dealkylation sites (tertiary alicyclic amines) is 1. The van der Waals surface area contributed by atoms with Crippen molar-refractivity contribution in [2.24, 2.45) is 0 Å². The largest absolute Gasteiger partial charge is 0.293 e. The highest BCUT2D eigenvalue weighted by atomic mass is 16.6. The number of Topliss-reactive ketones (excluding diaryl/α,β-unsaturated/α-hetero) is 1. The molecule has 1 unspecified atom stereocenters. The van der Waals surface area contributed by atoms with E-state index in [1.54, 1.807) is 12.1 Å². The Balaban J connectivity index is 2.07. The standard InChI is InChI=1S/C14H18N2O3/c1-11-5-2-3-8-15(11)10-14(17)12-6-4-7-13(9-12)16(18)19/h4,6-7,9,11H,2-3,5,8,10H2,1H3. The van der Waals surface area contributed by atoms with Crippen molar-refractivity contribution in [3.63, 3.8) is 0 Å². The Morgan fingerprint density at radius 3 is 2.95 bits per heavy atom. The van der Waals surface area contributed by atoms with E-state index in [0.717, 1.165) is 19.4 Å². The van der Waals surface area contributed by atoms with Gasteiger partial charge >= 0.3 is 0 Å². The van der Waals surface area contributed by atoms with Gasteiger partial charge in [-0.1, -0.05) is 18.6 Å². The van der Waals surface area contributed by atoms with E-state index in [4.69, 9.17) is 0 Å². The number of carbonyl (C=O) groups excluding carboxylic acids is 1. The smallest absolute Gasteiger partial charge is 0.270 e. The minimum Gasteiger partial charge on any atom is -0.293 e. The Bertz CT molecular complexity index is 487. The van der Waals surface area contributed by atoms with Crippen molar-refractivity contribution >= 4 is 11.5 Å². The van der Waals surface area contributed by atoms with E-state index in [9.17, 15) is 14.9 Å².